The van der Waals surface area contributed by atoms with E-state index in [1.54, 1.807) is 31.2 Å². The number of thiazole rings is 1. The molecule has 0 aliphatic rings. The van der Waals surface area contributed by atoms with Gasteiger partial charge in [0.2, 0.25) is 5.75 Å². The van der Waals surface area contributed by atoms with E-state index in [9.17, 15) is 9.59 Å². The van der Waals surface area contributed by atoms with Crippen LogP contribution in [0.4, 0.5) is 10.8 Å². The van der Waals surface area contributed by atoms with Crippen LogP contribution in [-0.4, -0.2) is 38.1 Å². The third kappa shape index (κ3) is 5.07. The first-order valence-corrected chi connectivity index (χ1v) is 10.2. The second kappa shape index (κ2) is 9.67. The molecule has 2 N–H and O–H groups in total. The van der Waals surface area contributed by atoms with E-state index >= 15 is 0 Å². The fraction of sp³-hybridized carbons (Fsp3) is 0.190. The number of carbonyl (C=O) groups excluding carboxylic acids is 2. The Morgan fingerprint density at radius 3 is 2.10 bits per heavy atom. The van der Waals surface area contributed by atoms with Crippen LogP contribution in [0.15, 0.2) is 36.4 Å². The van der Waals surface area contributed by atoms with Gasteiger partial charge in [0.1, 0.15) is 4.88 Å². The van der Waals surface area contributed by atoms with Gasteiger partial charge in [0, 0.05) is 16.3 Å². The molecule has 0 bridgehead atoms. The van der Waals surface area contributed by atoms with E-state index in [1.807, 2.05) is 0 Å². The standard InChI is InChI=1S/C21H20ClN3O5S/c1-11-18(20(27)24-14-7-5-13(22)6-8-14)31-21(23-11)25-19(26)12-9-15(28-2)17(30-4)16(10-12)29-3/h5-10H,1-4H3,(H,24,27)(H,23,25,26). The average Bonchev–Trinajstić information content (AvgIpc) is 3.14. The molecule has 0 spiro atoms. The zero-order valence-electron chi connectivity index (χ0n) is 17.2. The zero-order valence-corrected chi connectivity index (χ0v) is 18.8. The molecule has 2 aromatic carbocycles. The maximum Gasteiger partial charge on any atom is 0.267 e. The molecule has 0 saturated heterocycles. The summed E-state index contributed by atoms with van der Waals surface area (Å²) in [4.78, 5) is 30.0. The van der Waals surface area contributed by atoms with Crippen molar-refractivity contribution in [2.75, 3.05) is 32.0 Å². The quantitative estimate of drug-likeness (QED) is 0.532. The lowest BCUT2D eigenvalue weighted by atomic mass is 10.1. The maximum absolute atomic E-state index is 12.8. The number of nitrogens with zero attached hydrogens (tertiary/aromatic N) is 1. The second-order valence-electron chi connectivity index (χ2n) is 6.26. The lowest BCUT2D eigenvalue weighted by Gasteiger charge is -2.13. The molecule has 0 radical (unpaired) electrons. The van der Waals surface area contributed by atoms with Crippen molar-refractivity contribution in [1.29, 1.82) is 0 Å². The molecule has 8 nitrogen and oxygen atoms in total. The van der Waals surface area contributed by atoms with Gasteiger partial charge < -0.3 is 19.5 Å². The van der Waals surface area contributed by atoms with Crippen LogP contribution in [0, 0.1) is 6.92 Å². The predicted octanol–water partition coefficient (Wildman–Crippen LogP) is 4.64. The molecule has 3 aromatic rings. The summed E-state index contributed by atoms with van der Waals surface area (Å²) in [6.45, 7) is 1.70. The van der Waals surface area contributed by atoms with Crippen LogP contribution in [0.3, 0.4) is 0 Å². The Labute approximate surface area is 188 Å². The highest BCUT2D eigenvalue weighted by Gasteiger charge is 2.20. The van der Waals surface area contributed by atoms with Gasteiger partial charge in [0.05, 0.1) is 27.0 Å². The number of anilines is 2. The van der Waals surface area contributed by atoms with E-state index in [1.165, 1.54) is 33.5 Å². The third-order valence-corrected chi connectivity index (χ3v) is 5.58. The Hall–Kier alpha value is -3.30. The van der Waals surface area contributed by atoms with Gasteiger partial charge in [0.15, 0.2) is 16.6 Å². The molecule has 1 aromatic heterocycles. The Bertz CT molecular complexity index is 1090. The van der Waals surface area contributed by atoms with Crippen LogP contribution in [-0.2, 0) is 0 Å². The van der Waals surface area contributed by atoms with Crippen LogP contribution in [0.1, 0.15) is 25.7 Å². The number of hydrogen-bond donors (Lipinski definition) is 2. The Balaban J connectivity index is 1.78. The van der Waals surface area contributed by atoms with Crippen molar-refractivity contribution in [3.8, 4) is 17.2 Å². The molecule has 0 aliphatic carbocycles. The van der Waals surface area contributed by atoms with Gasteiger partial charge >= 0.3 is 0 Å². The summed E-state index contributed by atoms with van der Waals surface area (Å²) in [5.74, 6) is 0.326. The van der Waals surface area contributed by atoms with Crippen LogP contribution >= 0.6 is 22.9 Å². The van der Waals surface area contributed by atoms with E-state index in [4.69, 9.17) is 25.8 Å². The van der Waals surface area contributed by atoms with E-state index in [0.717, 1.165) is 11.3 Å². The Kier molecular flexibility index (Phi) is 6.98. The first kappa shape index (κ1) is 22.4. The molecular weight excluding hydrogens is 442 g/mol. The molecule has 0 fully saturated rings. The number of amides is 2. The van der Waals surface area contributed by atoms with Crippen molar-refractivity contribution in [2.24, 2.45) is 0 Å². The number of halogens is 1. The van der Waals surface area contributed by atoms with Gasteiger partial charge in [-0.1, -0.05) is 22.9 Å². The van der Waals surface area contributed by atoms with E-state index in [2.05, 4.69) is 15.6 Å². The lowest BCUT2D eigenvalue weighted by Crippen LogP contribution is -2.12. The van der Waals surface area contributed by atoms with Crippen molar-refractivity contribution >= 4 is 45.6 Å². The topological polar surface area (TPSA) is 98.8 Å². The summed E-state index contributed by atoms with van der Waals surface area (Å²) < 4.78 is 15.8. The second-order valence-corrected chi connectivity index (χ2v) is 7.70. The molecular formula is C21H20ClN3O5S. The predicted molar refractivity (Wildman–Crippen MR) is 120 cm³/mol. The summed E-state index contributed by atoms with van der Waals surface area (Å²) in [7, 11) is 4.42. The largest absolute Gasteiger partial charge is 0.493 e. The van der Waals surface area contributed by atoms with Gasteiger partial charge in [-0.2, -0.15) is 0 Å². The van der Waals surface area contributed by atoms with Gasteiger partial charge in [-0.15, -0.1) is 0 Å². The van der Waals surface area contributed by atoms with Crippen molar-refractivity contribution in [1.82, 2.24) is 4.98 Å². The number of benzene rings is 2. The fourth-order valence-electron chi connectivity index (χ4n) is 2.76. The summed E-state index contributed by atoms with van der Waals surface area (Å²) in [5.41, 5.74) is 1.39. The molecule has 31 heavy (non-hydrogen) atoms. The number of carbonyl (C=O) groups is 2. The van der Waals surface area contributed by atoms with Crippen LogP contribution in [0.25, 0.3) is 0 Å². The SMILES string of the molecule is COc1cc(C(=O)Nc2nc(C)c(C(=O)Nc3ccc(Cl)cc3)s2)cc(OC)c1OC. The highest BCUT2D eigenvalue weighted by atomic mass is 35.5. The Morgan fingerprint density at radius 2 is 1.55 bits per heavy atom. The van der Waals surface area contributed by atoms with Gasteiger partial charge in [-0.25, -0.2) is 4.98 Å². The molecule has 162 valence electrons. The summed E-state index contributed by atoms with van der Waals surface area (Å²) >= 11 is 6.94. The molecule has 10 heteroatoms. The number of rotatable bonds is 7. The van der Waals surface area contributed by atoms with Crippen molar-refractivity contribution < 1.29 is 23.8 Å². The average molecular weight is 462 g/mol. The van der Waals surface area contributed by atoms with E-state index < -0.39 is 5.91 Å². The van der Waals surface area contributed by atoms with Crippen LogP contribution in [0.2, 0.25) is 5.02 Å². The normalized spacial score (nSPS) is 10.4. The van der Waals surface area contributed by atoms with Gasteiger partial charge in [-0.3, -0.25) is 14.9 Å². The minimum absolute atomic E-state index is 0.287. The first-order chi connectivity index (χ1) is 14.9. The van der Waals surface area contributed by atoms with Crippen molar-refractivity contribution in [2.45, 2.75) is 6.92 Å². The molecule has 0 unspecified atom stereocenters. The number of hydrogen-bond acceptors (Lipinski definition) is 7. The maximum atomic E-state index is 12.8. The molecule has 1 heterocycles. The van der Waals surface area contributed by atoms with Crippen LogP contribution in [0.5, 0.6) is 17.2 Å². The van der Waals surface area contributed by atoms with Crippen molar-refractivity contribution in [3.63, 3.8) is 0 Å². The van der Waals surface area contributed by atoms with Gasteiger partial charge in [-0.05, 0) is 43.3 Å². The molecule has 0 aliphatic heterocycles. The minimum atomic E-state index is -0.433. The monoisotopic (exact) mass is 461 g/mol. The highest BCUT2D eigenvalue weighted by Crippen LogP contribution is 2.38. The van der Waals surface area contributed by atoms with Gasteiger partial charge in [0.25, 0.3) is 11.8 Å². The number of nitrogens with one attached hydrogen (secondary N) is 2. The van der Waals surface area contributed by atoms with Crippen LogP contribution < -0.4 is 24.8 Å². The van der Waals surface area contributed by atoms with E-state index in [-0.39, 0.29) is 16.6 Å². The summed E-state index contributed by atoms with van der Waals surface area (Å²) in [5, 5.41) is 6.35. The number of ether oxygens (including phenoxy) is 3. The number of methoxy groups -OCH3 is 3. The smallest absolute Gasteiger partial charge is 0.267 e. The molecule has 0 atom stereocenters. The highest BCUT2D eigenvalue weighted by molar-refractivity contribution is 7.17. The summed E-state index contributed by atoms with van der Waals surface area (Å²) in [6.07, 6.45) is 0. The summed E-state index contributed by atoms with van der Waals surface area (Å²) in [6, 6.07) is 9.82. The molecule has 3 rings (SSSR count). The Morgan fingerprint density at radius 1 is 0.935 bits per heavy atom. The zero-order chi connectivity index (χ0) is 22.5. The number of aromatic nitrogens is 1. The van der Waals surface area contributed by atoms with Crippen molar-refractivity contribution in [3.05, 3.63) is 57.6 Å². The first-order valence-electron chi connectivity index (χ1n) is 9.02. The minimum Gasteiger partial charge on any atom is -0.493 e. The fourth-order valence-corrected chi connectivity index (χ4v) is 3.75. The number of aryl methyl sites for hydroxylation is 1. The lowest BCUT2D eigenvalue weighted by molar-refractivity contribution is 0.101. The third-order valence-electron chi connectivity index (χ3n) is 4.25. The molecule has 0 saturated carbocycles. The van der Waals surface area contributed by atoms with E-state index in [0.29, 0.717) is 38.5 Å². The molecule has 2 amide bonds.